The van der Waals surface area contributed by atoms with Crippen molar-refractivity contribution in [3.05, 3.63) is 24.0 Å². The van der Waals surface area contributed by atoms with E-state index in [9.17, 15) is 18.0 Å². The van der Waals surface area contributed by atoms with Crippen molar-refractivity contribution in [2.45, 2.75) is 18.6 Å². The molecule has 0 aromatic carbocycles. The number of amides is 1. The van der Waals surface area contributed by atoms with Crippen LogP contribution >= 0.6 is 0 Å². The predicted molar refractivity (Wildman–Crippen MR) is 54.2 cm³/mol. The second kappa shape index (κ2) is 3.99. The second-order valence-electron chi connectivity index (χ2n) is 3.78. The number of aromatic nitrogens is 1. The fourth-order valence-electron chi connectivity index (χ4n) is 1.67. The lowest BCUT2D eigenvalue weighted by atomic mass is 10.3. The lowest BCUT2D eigenvalue weighted by molar-refractivity contribution is -0.141. The SMILES string of the molecule is NC1CCN(c2ccc(C(F)(F)F)nc2)C1=O. The molecule has 92 valence electrons. The molecule has 0 bridgehead atoms. The molecule has 1 saturated heterocycles. The molecule has 7 heteroatoms. The van der Waals surface area contributed by atoms with Crippen molar-refractivity contribution >= 4 is 11.6 Å². The first-order valence-electron chi connectivity index (χ1n) is 5.00. The van der Waals surface area contributed by atoms with E-state index in [-0.39, 0.29) is 5.91 Å². The number of halogens is 3. The number of carbonyl (C=O) groups is 1. The molecule has 2 heterocycles. The number of anilines is 1. The highest BCUT2D eigenvalue weighted by atomic mass is 19.4. The van der Waals surface area contributed by atoms with E-state index in [0.717, 1.165) is 12.3 Å². The molecule has 1 fully saturated rings. The molecule has 1 amide bonds. The van der Waals surface area contributed by atoms with Gasteiger partial charge in [-0.2, -0.15) is 13.2 Å². The van der Waals surface area contributed by atoms with Gasteiger partial charge in [0.05, 0.1) is 17.9 Å². The first kappa shape index (κ1) is 11.8. The molecule has 4 nitrogen and oxygen atoms in total. The Labute approximate surface area is 95.2 Å². The molecule has 2 N–H and O–H groups in total. The van der Waals surface area contributed by atoms with Gasteiger partial charge in [-0.25, -0.2) is 4.98 Å². The topological polar surface area (TPSA) is 59.2 Å². The number of carbonyl (C=O) groups excluding carboxylic acids is 1. The molecule has 1 aliphatic heterocycles. The molecule has 17 heavy (non-hydrogen) atoms. The Hall–Kier alpha value is -1.63. The summed E-state index contributed by atoms with van der Waals surface area (Å²) in [5.74, 6) is -0.286. The highest BCUT2D eigenvalue weighted by molar-refractivity contribution is 5.99. The summed E-state index contributed by atoms with van der Waals surface area (Å²) in [5, 5.41) is 0. The van der Waals surface area contributed by atoms with Crippen LogP contribution in [0.3, 0.4) is 0 Å². The third kappa shape index (κ3) is 2.23. The molecule has 0 spiro atoms. The van der Waals surface area contributed by atoms with Crippen molar-refractivity contribution in [2.75, 3.05) is 11.4 Å². The van der Waals surface area contributed by atoms with Gasteiger partial charge in [0.2, 0.25) is 5.91 Å². The van der Waals surface area contributed by atoms with Gasteiger partial charge in [-0.1, -0.05) is 0 Å². The minimum absolute atomic E-state index is 0.286. The number of rotatable bonds is 1. The fraction of sp³-hybridized carbons (Fsp3) is 0.400. The van der Waals surface area contributed by atoms with Gasteiger partial charge in [0.25, 0.3) is 0 Å². The van der Waals surface area contributed by atoms with Gasteiger partial charge in [0.1, 0.15) is 5.69 Å². The molecule has 1 aromatic heterocycles. The highest BCUT2D eigenvalue weighted by Gasteiger charge is 2.33. The van der Waals surface area contributed by atoms with Crippen LogP contribution in [0.25, 0.3) is 0 Å². The van der Waals surface area contributed by atoms with Gasteiger partial charge in [-0.3, -0.25) is 4.79 Å². The Morgan fingerprint density at radius 3 is 2.53 bits per heavy atom. The molecule has 1 aliphatic rings. The molecule has 0 radical (unpaired) electrons. The number of nitrogens with two attached hydrogens (primary N) is 1. The summed E-state index contributed by atoms with van der Waals surface area (Å²) < 4.78 is 36.8. The molecular weight excluding hydrogens is 235 g/mol. The molecule has 1 atom stereocenters. The van der Waals surface area contributed by atoms with Gasteiger partial charge in [-0.15, -0.1) is 0 Å². The maximum Gasteiger partial charge on any atom is 0.433 e. The number of alkyl halides is 3. The lowest BCUT2D eigenvalue weighted by Crippen LogP contribution is -2.34. The van der Waals surface area contributed by atoms with Crippen molar-refractivity contribution in [1.82, 2.24) is 4.98 Å². The number of nitrogens with zero attached hydrogens (tertiary/aromatic N) is 2. The van der Waals surface area contributed by atoms with E-state index in [0.29, 0.717) is 18.7 Å². The first-order valence-corrected chi connectivity index (χ1v) is 5.00. The predicted octanol–water partition coefficient (Wildman–Crippen LogP) is 1.16. The van der Waals surface area contributed by atoms with Crippen LogP contribution in [0.1, 0.15) is 12.1 Å². The largest absolute Gasteiger partial charge is 0.433 e. The summed E-state index contributed by atoms with van der Waals surface area (Å²) in [6, 6.07) is 1.51. The van der Waals surface area contributed by atoms with Crippen LogP contribution in [0.4, 0.5) is 18.9 Å². The minimum Gasteiger partial charge on any atom is -0.320 e. The minimum atomic E-state index is -4.47. The van der Waals surface area contributed by atoms with Crippen molar-refractivity contribution in [2.24, 2.45) is 5.73 Å². The van der Waals surface area contributed by atoms with Gasteiger partial charge in [-0.05, 0) is 18.6 Å². The van der Waals surface area contributed by atoms with E-state index < -0.39 is 17.9 Å². The summed E-state index contributed by atoms with van der Waals surface area (Å²) >= 11 is 0. The zero-order chi connectivity index (χ0) is 12.6. The van der Waals surface area contributed by atoms with Crippen LogP contribution in [0.5, 0.6) is 0 Å². The summed E-state index contributed by atoms with van der Waals surface area (Å²) in [5.41, 5.74) is 4.88. The van der Waals surface area contributed by atoms with Crippen molar-refractivity contribution in [1.29, 1.82) is 0 Å². The number of hydrogen-bond donors (Lipinski definition) is 1. The third-order valence-electron chi connectivity index (χ3n) is 2.60. The van der Waals surface area contributed by atoms with Crippen LogP contribution in [-0.4, -0.2) is 23.5 Å². The normalized spacial score (nSPS) is 21.1. The Kier molecular flexibility index (Phi) is 2.78. The van der Waals surface area contributed by atoms with Gasteiger partial charge in [0.15, 0.2) is 0 Å². The van der Waals surface area contributed by atoms with Crippen LogP contribution in [-0.2, 0) is 11.0 Å². The summed E-state index contributed by atoms with van der Waals surface area (Å²) in [6.45, 7) is 0.410. The summed E-state index contributed by atoms with van der Waals surface area (Å²) in [4.78, 5) is 16.2. The van der Waals surface area contributed by atoms with E-state index >= 15 is 0 Å². The standard InChI is InChI=1S/C10H10F3N3O/c11-10(12,13)8-2-1-6(5-15-8)16-4-3-7(14)9(16)17/h1-2,5,7H,3-4,14H2. The molecule has 1 aromatic rings. The van der Waals surface area contributed by atoms with Crippen molar-refractivity contribution < 1.29 is 18.0 Å². The molecule has 2 rings (SSSR count). The van der Waals surface area contributed by atoms with Crippen LogP contribution in [0.15, 0.2) is 18.3 Å². The number of hydrogen-bond acceptors (Lipinski definition) is 3. The molecule has 0 saturated carbocycles. The van der Waals surface area contributed by atoms with Crippen LogP contribution < -0.4 is 10.6 Å². The number of pyridine rings is 1. The zero-order valence-electron chi connectivity index (χ0n) is 8.74. The molecular formula is C10H10F3N3O. The zero-order valence-corrected chi connectivity index (χ0v) is 8.74. The Bertz CT molecular complexity index is 429. The third-order valence-corrected chi connectivity index (χ3v) is 2.60. The summed E-state index contributed by atoms with van der Waals surface area (Å²) in [6.07, 6.45) is -2.93. The van der Waals surface area contributed by atoms with E-state index in [4.69, 9.17) is 5.73 Å². The lowest BCUT2D eigenvalue weighted by Gasteiger charge is -2.16. The van der Waals surface area contributed by atoms with E-state index in [2.05, 4.69) is 4.98 Å². The first-order chi connectivity index (χ1) is 7.89. The maximum atomic E-state index is 12.3. The average Bonchev–Trinajstić information content (AvgIpc) is 2.59. The Balaban J connectivity index is 2.22. The maximum absolute atomic E-state index is 12.3. The highest BCUT2D eigenvalue weighted by Crippen LogP contribution is 2.29. The van der Waals surface area contributed by atoms with E-state index in [1.165, 1.54) is 11.0 Å². The van der Waals surface area contributed by atoms with Crippen molar-refractivity contribution in [3.8, 4) is 0 Å². The molecule has 1 unspecified atom stereocenters. The van der Waals surface area contributed by atoms with Crippen LogP contribution in [0.2, 0.25) is 0 Å². The smallest absolute Gasteiger partial charge is 0.320 e. The quantitative estimate of drug-likeness (QED) is 0.807. The molecule has 0 aliphatic carbocycles. The Morgan fingerprint density at radius 2 is 2.12 bits per heavy atom. The monoisotopic (exact) mass is 245 g/mol. The summed E-state index contributed by atoms with van der Waals surface area (Å²) in [7, 11) is 0. The average molecular weight is 245 g/mol. The van der Waals surface area contributed by atoms with E-state index in [1.807, 2.05) is 0 Å². The van der Waals surface area contributed by atoms with Gasteiger partial charge < -0.3 is 10.6 Å². The van der Waals surface area contributed by atoms with Gasteiger partial charge in [0, 0.05) is 6.54 Å². The fourth-order valence-corrected chi connectivity index (χ4v) is 1.67. The Morgan fingerprint density at radius 1 is 1.41 bits per heavy atom. The van der Waals surface area contributed by atoms with Crippen molar-refractivity contribution in [3.63, 3.8) is 0 Å². The van der Waals surface area contributed by atoms with Gasteiger partial charge >= 0.3 is 6.18 Å². The van der Waals surface area contributed by atoms with E-state index in [1.54, 1.807) is 0 Å². The second-order valence-corrected chi connectivity index (χ2v) is 3.78. The van der Waals surface area contributed by atoms with Crippen LogP contribution in [0, 0.1) is 0 Å².